The standard InChI is InChI=1S/C12H23BrN2O/c1-9(2)11(13)12(16)15-7-5-6-10(8-15)14(3)4/h9-11H,5-8H2,1-4H3. The molecule has 16 heavy (non-hydrogen) atoms. The second-order valence-electron chi connectivity index (χ2n) is 5.19. The summed E-state index contributed by atoms with van der Waals surface area (Å²) in [5.74, 6) is 0.605. The molecule has 0 aromatic rings. The quantitative estimate of drug-likeness (QED) is 0.742. The molecule has 1 rings (SSSR count). The van der Waals surface area contributed by atoms with E-state index in [4.69, 9.17) is 0 Å². The van der Waals surface area contributed by atoms with Gasteiger partial charge in [0.15, 0.2) is 0 Å². The van der Waals surface area contributed by atoms with E-state index in [0.717, 1.165) is 19.5 Å². The molecule has 4 heteroatoms. The van der Waals surface area contributed by atoms with Crippen molar-refractivity contribution < 1.29 is 4.79 Å². The Morgan fingerprint density at radius 1 is 1.44 bits per heavy atom. The minimum atomic E-state index is -0.0339. The van der Waals surface area contributed by atoms with Crippen LogP contribution in [-0.4, -0.2) is 53.8 Å². The van der Waals surface area contributed by atoms with Crippen LogP contribution in [0, 0.1) is 5.92 Å². The molecule has 0 saturated carbocycles. The zero-order chi connectivity index (χ0) is 12.3. The Bertz CT molecular complexity index is 243. The van der Waals surface area contributed by atoms with Gasteiger partial charge in [-0.3, -0.25) is 4.79 Å². The average molecular weight is 291 g/mol. The Balaban J connectivity index is 2.56. The number of rotatable bonds is 3. The minimum Gasteiger partial charge on any atom is -0.340 e. The third kappa shape index (κ3) is 3.45. The van der Waals surface area contributed by atoms with Crippen molar-refractivity contribution >= 4 is 21.8 Å². The monoisotopic (exact) mass is 290 g/mol. The third-order valence-electron chi connectivity index (χ3n) is 3.26. The van der Waals surface area contributed by atoms with Gasteiger partial charge in [-0.1, -0.05) is 29.8 Å². The van der Waals surface area contributed by atoms with Gasteiger partial charge < -0.3 is 9.80 Å². The lowest BCUT2D eigenvalue weighted by Gasteiger charge is -2.37. The number of amides is 1. The van der Waals surface area contributed by atoms with Gasteiger partial charge >= 0.3 is 0 Å². The van der Waals surface area contributed by atoms with Crippen molar-refractivity contribution in [1.29, 1.82) is 0 Å². The van der Waals surface area contributed by atoms with Crippen molar-refractivity contribution in [2.45, 2.75) is 37.6 Å². The second kappa shape index (κ2) is 6.01. The molecule has 1 fully saturated rings. The fourth-order valence-electron chi connectivity index (χ4n) is 2.04. The molecule has 0 N–H and O–H groups in total. The lowest BCUT2D eigenvalue weighted by atomic mass is 10.0. The molecule has 0 radical (unpaired) electrons. The van der Waals surface area contributed by atoms with Crippen LogP contribution in [0.15, 0.2) is 0 Å². The summed E-state index contributed by atoms with van der Waals surface area (Å²) in [5, 5.41) is 0. The molecule has 0 spiro atoms. The summed E-state index contributed by atoms with van der Waals surface area (Å²) in [5.41, 5.74) is 0. The van der Waals surface area contributed by atoms with Gasteiger partial charge in [0.05, 0.1) is 4.83 Å². The van der Waals surface area contributed by atoms with Crippen molar-refractivity contribution in [3.63, 3.8) is 0 Å². The molecule has 0 aromatic heterocycles. The molecule has 0 bridgehead atoms. The molecule has 2 atom stereocenters. The highest BCUT2D eigenvalue weighted by atomic mass is 79.9. The van der Waals surface area contributed by atoms with Gasteiger partial charge in [-0.2, -0.15) is 0 Å². The van der Waals surface area contributed by atoms with Gasteiger partial charge in [0.1, 0.15) is 0 Å². The van der Waals surface area contributed by atoms with Gasteiger partial charge in [0, 0.05) is 19.1 Å². The Morgan fingerprint density at radius 3 is 2.56 bits per heavy atom. The first-order valence-electron chi connectivity index (χ1n) is 6.02. The number of halogens is 1. The normalized spacial score (nSPS) is 23.9. The molecule has 2 unspecified atom stereocenters. The number of nitrogens with zero attached hydrogens (tertiary/aromatic N) is 2. The first-order valence-corrected chi connectivity index (χ1v) is 6.94. The van der Waals surface area contributed by atoms with Crippen LogP contribution >= 0.6 is 15.9 Å². The average Bonchev–Trinajstić information content (AvgIpc) is 2.27. The number of hydrogen-bond acceptors (Lipinski definition) is 2. The molecule has 0 aromatic carbocycles. The van der Waals surface area contributed by atoms with E-state index in [-0.39, 0.29) is 10.7 Å². The van der Waals surface area contributed by atoms with Crippen LogP contribution in [0.5, 0.6) is 0 Å². The van der Waals surface area contributed by atoms with Gasteiger partial charge in [-0.25, -0.2) is 0 Å². The summed E-state index contributed by atoms with van der Waals surface area (Å²) in [7, 11) is 4.18. The summed E-state index contributed by atoms with van der Waals surface area (Å²) in [6.45, 7) is 5.94. The molecular weight excluding hydrogens is 268 g/mol. The maximum absolute atomic E-state index is 12.2. The van der Waals surface area contributed by atoms with Crippen molar-refractivity contribution in [2.75, 3.05) is 27.2 Å². The third-order valence-corrected chi connectivity index (χ3v) is 4.71. The highest BCUT2D eigenvalue weighted by Crippen LogP contribution is 2.20. The number of carbonyl (C=O) groups is 1. The van der Waals surface area contributed by atoms with Gasteiger partial charge in [0.25, 0.3) is 0 Å². The van der Waals surface area contributed by atoms with E-state index < -0.39 is 0 Å². The van der Waals surface area contributed by atoms with Gasteiger partial charge in [0.2, 0.25) is 5.91 Å². The fourth-order valence-corrected chi connectivity index (χ4v) is 2.33. The van der Waals surface area contributed by atoms with Crippen LogP contribution in [0.25, 0.3) is 0 Å². The zero-order valence-corrected chi connectivity index (χ0v) is 12.3. The van der Waals surface area contributed by atoms with Crippen LogP contribution in [0.4, 0.5) is 0 Å². The number of carbonyl (C=O) groups excluding carboxylic acids is 1. The highest BCUT2D eigenvalue weighted by Gasteiger charge is 2.29. The Hall–Kier alpha value is -0.0900. The number of likely N-dealkylation sites (tertiary alicyclic amines) is 1. The molecule has 1 aliphatic heterocycles. The molecule has 0 aliphatic carbocycles. The molecule has 1 saturated heterocycles. The van der Waals surface area contributed by atoms with Crippen molar-refractivity contribution in [1.82, 2.24) is 9.80 Å². The molecule has 3 nitrogen and oxygen atoms in total. The summed E-state index contributed by atoms with van der Waals surface area (Å²) in [4.78, 5) is 16.4. The van der Waals surface area contributed by atoms with Crippen molar-refractivity contribution in [3.05, 3.63) is 0 Å². The number of hydrogen-bond donors (Lipinski definition) is 0. The van der Waals surface area contributed by atoms with Crippen LogP contribution in [0.1, 0.15) is 26.7 Å². The maximum Gasteiger partial charge on any atom is 0.236 e. The van der Waals surface area contributed by atoms with Crippen LogP contribution in [0.2, 0.25) is 0 Å². The molecular formula is C12H23BrN2O. The fraction of sp³-hybridized carbons (Fsp3) is 0.917. The zero-order valence-electron chi connectivity index (χ0n) is 10.7. The molecule has 1 amide bonds. The predicted molar refractivity (Wildman–Crippen MR) is 70.8 cm³/mol. The first-order chi connectivity index (χ1) is 7.43. The lowest BCUT2D eigenvalue weighted by Crippen LogP contribution is -2.50. The van der Waals surface area contributed by atoms with E-state index in [1.807, 2.05) is 4.90 Å². The van der Waals surface area contributed by atoms with E-state index in [1.54, 1.807) is 0 Å². The minimum absolute atomic E-state index is 0.0339. The summed E-state index contributed by atoms with van der Waals surface area (Å²) < 4.78 is 0. The maximum atomic E-state index is 12.2. The summed E-state index contributed by atoms with van der Waals surface area (Å²) in [6, 6.07) is 0.518. The Kier molecular flexibility index (Phi) is 5.25. The topological polar surface area (TPSA) is 23.6 Å². The number of likely N-dealkylation sites (N-methyl/N-ethyl adjacent to an activating group) is 1. The van der Waals surface area contributed by atoms with Crippen molar-refractivity contribution in [2.24, 2.45) is 5.92 Å². The van der Waals surface area contributed by atoms with Crippen molar-refractivity contribution in [3.8, 4) is 0 Å². The van der Waals surface area contributed by atoms with E-state index in [1.165, 1.54) is 6.42 Å². The number of alkyl halides is 1. The van der Waals surface area contributed by atoms with E-state index in [9.17, 15) is 4.79 Å². The van der Waals surface area contributed by atoms with Crippen LogP contribution in [-0.2, 0) is 4.79 Å². The summed E-state index contributed by atoms with van der Waals surface area (Å²) in [6.07, 6.45) is 2.32. The van der Waals surface area contributed by atoms with Gasteiger partial charge in [-0.05, 0) is 32.9 Å². The SMILES string of the molecule is CC(C)C(Br)C(=O)N1CCCC(N(C)C)C1. The van der Waals surface area contributed by atoms with Crippen LogP contribution in [0.3, 0.4) is 0 Å². The van der Waals surface area contributed by atoms with Gasteiger partial charge in [-0.15, -0.1) is 0 Å². The van der Waals surface area contributed by atoms with E-state index >= 15 is 0 Å². The Labute approximate surface area is 107 Å². The van der Waals surface area contributed by atoms with E-state index in [0.29, 0.717) is 12.0 Å². The number of piperidine rings is 1. The molecule has 94 valence electrons. The second-order valence-corrected chi connectivity index (χ2v) is 6.18. The smallest absolute Gasteiger partial charge is 0.236 e. The summed E-state index contributed by atoms with van der Waals surface area (Å²) >= 11 is 3.50. The Morgan fingerprint density at radius 2 is 2.06 bits per heavy atom. The highest BCUT2D eigenvalue weighted by molar-refractivity contribution is 9.10. The predicted octanol–water partition coefficient (Wildman–Crippen LogP) is 1.96. The largest absolute Gasteiger partial charge is 0.340 e. The van der Waals surface area contributed by atoms with Crippen LogP contribution < -0.4 is 0 Å². The van der Waals surface area contributed by atoms with E-state index in [2.05, 4.69) is 48.8 Å². The first kappa shape index (κ1) is 14.0. The lowest BCUT2D eigenvalue weighted by molar-refractivity contribution is -0.133. The molecule has 1 heterocycles. The molecule has 1 aliphatic rings.